The second kappa shape index (κ2) is 4.90. The first-order chi connectivity index (χ1) is 7.79. The van der Waals surface area contributed by atoms with Crippen molar-refractivity contribution < 1.29 is 5.11 Å². The van der Waals surface area contributed by atoms with Crippen molar-refractivity contribution in [1.29, 1.82) is 0 Å². The van der Waals surface area contributed by atoms with E-state index in [0.29, 0.717) is 6.42 Å². The number of aliphatic hydroxyl groups excluding tert-OH is 1. The third-order valence-electron chi connectivity index (χ3n) is 2.52. The second-order valence-corrected chi connectivity index (χ2v) is 3.85. The van der Waals surface area contributed by atoms with Crippen molar-refractivity contribution in [3.05, 3.63) is 53.7 Å². The molecule has 0 fully saturated rings. The van der Waals surface area contributed by atoms with Crippen LogP contribution in [-0.2, 0) is 6.42 Å². The van der Waals surface area contributed by atoms with Gasteiger partial charge in [0, 0.05) is 24.3 Å². The monoisotopic (exact) mass is 213 g/mol. The number of benzene rings is 1. The molecule has 0 aliphatic carbocycles. The summed E-state index contributed by atoms with van der Waals surface area (Å²) in [6, 6.07) is 14.2. The van der Waals surface area contributed by atoms with Crippen LogP contribution in [0.3, 0.4) is 0 Å². The molecule has 0 saturated carbocycles. The number of pyridine rings is 1. The molecule has 0 radical (unpaired) electrons. The van der Waals surface area contributed by atoms with Gasteiger partial charge < -0.3 is 5.11 Å². The summed E-state index contributed by atoms with van der Waals surface area (Å²) in [6.45, 7) is 2.21. The SMILES string of the molecule is Cc1ccc(-c2cccc(CCO)n2)cc1. The molecule has 0 saturated heterocycles. The summed E-state index contributed by atoms with van der Waals surface area (Å²) in [5.41, 5.74) is 4.26. The van der Waals surface area contributed by atoms with E-state index < -0.39 is 0 Å². The Morgan fingerprint density at radius 1 is 1.06 bits per heavy atom. The minimum absolute atomic E-state index is 0.143. The minimum atomic E-state index is 0.143. The number of aryl methyl sites for hydroxylation is 1. The molecule has 1 heterocycles. The van der Waals surface area contributed by atoms with Crippen molar-refractivity contribution in [2.45, 2.75) is 13.3 Å². The lowest BCUT2D eigenvalue weighted by molar-refractivity contribution is 0.298. The molecule has 0 amide bonds. The average molecular weight is 213 g/mol. The fourth-order valence-corrected chi connectivity index (χ4v) is 1.62. The second-order valence-electron chi connectivity index (χ2n) is 3.85. The van der Waals surface area contributed by atoms with Crippen LogP contribution in [0.25, 0.3) is 11.3 Å². The molecule has 2 rings (SSSR count). The van der Waals surface area contributed by atoms with Gasteiger partial charge in [0.25, 0.3) is 0 Å². The average Bonchev–Trinajstić information content (AvgIpc) is 2.31. The molecule has 0 aliphatic rings. The molecule has 0 bridgehead atoms. The number of hydrogen-bond acceptors (Lipinski definition) is 2. The molecule has 0 aliphatic heterocycles. The summed E-state index contributed by atoms with van der Waals surface area (Å²) in [5, 5.41) is 8.88. The van der Waals surface area contributed by atoms with Crippen molar-refractivity contribution in [3.63, 3.8) is 0 Å². The Bertz CT molecular complexity index is 462. The molecular weight excluding hydrogens is 198 g/mol. The van der Waals surface area contributed by atoms with Gasteiger partial charge in [0.15, 0.2) is 0 Å². The van der Waals surface area contributed by atoms with Crippen LogP contribution < -0.4 is 0 Å². The molecule has 2 aromatic rings. The van der Waals surface area contributed by atoms with E-state index in [4.69, 9.17) is 5.11 Å². The summed E-state index contributed by atoms with van der Waals surface area (Å²) in [5.74, 6) is 0. The Labute approximate surface area is 95.6 Å². The van der Waals surface area contributed by atoms with Crippen LogP contribution in [0.15, 0.2) is 42.5 Å². The van der Waals surface area contributed by atoms with E-state index in [1.165, 1.54) is 5.56 Å². The van der Waals surface area contributed by atoms with E-state index in [0.717, 1.165) is 17.0 Å². The Morgan fingerprint density at radius 2 is 1.81 bits per heavy atom. The fourth-order valence-electron chi connectivity index (χ4n) is 1.62. The van der Waals surface area contributed by atoms with Gasteiger partial charge in [-0.05, 0) is 19.1 Å². The van der Waals surface area contributed by atoms with Gasteiger partial charge in [0.1, 0.15) is 0 Å². The lowest BCUT2D eigenvalue weighted by atomic mass is 10.1. The number of aliphatic hydroxyl groups is 1. The Morgan fingerprint density at radius 3 is 2.50 bits per heavy atom. The van der Waals surface area contributed by atoms with Gasteiger partial charge in [-0.25, -0.2) is 0 Å². The highest BCUT2D eigenvalue weighted by Gasteiger charge is 2.00. The maximum absolute atomic E-state index is 8.88. The van der Waals surface area contributed by atoms with Crippen LogP contribution in [0, 0.1) is 6.92 Å². The Hall–Kier alpha value is -1.67. The van der Waals surface area contributed by atoms with E-state index in [2.05, 4.69) is 36.2 Å². The first kappa shape index (κ1) is 10.8. The van der Waals surface area contributed by atoms with Crippen LogP contribution in [-0.4, -0.2) is 16.7 Å². The summed E-state index contributed by atoms with van der Waals surface area (Å²) in [4.78, 5) is 4.50. The van der Waals surface area contributed by atoms with Gasteiger partial charge in [-0.15, -0.1) is 0 Å². The highest BCUT2D eigenvalue weighted by atomic mass is 16.3. The summed E-state index contributed by atoms with van der Waals surface area (Å²) in [7, 11) is 0. The third-order valence-corrected chi connectivity index (χ3v) is 2.52. The van der Waals surface area contributed by atoms with E-state index in [1.807, 2.05) is 18.2 Å². The van der Waals surface area contributed by atoms with Crippen LogP contribution in [0.4, 0.5) is 0 Å². The number of hydrogen-bond donors (Lipinski definition) is 1. The van der Waals surface area contributed by atoms with Gasteiger partial charge >= 0.3 is 0 Å². The summed E-state index contributed by atoms with van der Waals surface area (Å²) < 4.78 is 0. The zero-order chi connectivity index (χ0) is 11.4. The molecule has 0 atom stereocenters. The topological polar surface area (TPSA) is 33.1 Å². The normalized spacial score (nSPS) is 10.4. The van der Waals surface area contributed by atoms with Crippen molar-refractivity contribution in [2.24, 2.45) is 0 Å². The largest absolute Gasteiger partial charge is 0.396 e. The smallest absolute Gasteiger partial charge is 0.0705 e. The first-order valence-corrected chi connectivity index (χ1v) is 5.43. The van der Waals surface area contributed by atoms with Crippen molar-refractivity contribution in [3.8, 4) is 11.3 Å². The minimum Gasteiger partial charge on any atom is -0.396 e. The number of aromatic nitrogens is 1. The molecule has 0 unspecified atom stereocenters. The lowest BCUT2D eigenvalue weighted by Crippen LogP contribution is -1.95. The molecule has 2 nitrogen and oxygen atoms in total. The molecule has 2 heteroatoms. The van der Waals surface area contributed by atoms with Crippen molar-refractivity contribution in [2.75, 3.05) is 6.61 Å². The zero-order valence-corrected chi connectivity index (χ0v) is 9.35. The maximum atomic E-state index is 8.88. The van der Waals surface area contributed by atoms with Crippen molar-refractivity contribution in [1.82, 2.24) is 4.98 Å². The molecular formula is C14H15NO. The van der Waals surface area contributed by atoms with E-state index >= 15 is 0 Å². The van der Waals surface area contributed by atoms with Crippen molar-refractivity contribution >= 4 is 0 Å². The maximum Gasteiger partial charge on any atom is 0.0705 e. The standard InChI is InChI=1S/C14H15NO/c1-11-5-7-12(8-6-11)14-4-2-3-13(15-14)9-10-16/h2-8,16H,9-10H2,1H3. The zero-order valence-electron chi connectivity index (χ0n) is 9.35. The van der Waals surface area contributed by atoms with Gasteiger partial charge in [-0.1, -0.05) is 35.9 Å². The quantitative estimate of drug-likeness (QED) is 0.850. The number of rotatable bonds is 3. The predicted octanol–water partition coefficient (Wildman–Crippen LogP) is 2.59. The lowest BCUT2D eigenvalue weighted by Gasteiger charge is -2.04. The highest BCUT2D eigenvalue weighted by Crippen LogP contribution is 2.17. The van der Waals surface area contributed by atoms with Gasteiger partial charge in [0.05, 0.1) is 5.69 Å². The molecule has 1 aromatic heterocycles. The van der Waals surface area contributed by atoms with Crippen LogP contribution >= 0.6 is 0 Å². The summed E-state index contributed by atoms with van der Waals surface area (Å²) >= 11 is 0. The number of nitrogens with zero attached hydrogens (tertiary/aromatic N) is 1. The van der Waals surface area contributed by atoms with Crippen LogP contribution in [0.1, 0.15) is 11.3 Å². The van der Waals surface area contributed by atoms with Gasteiger partial charge in [-0.3, -0.25) is 4.98 Å². The van der Waals surface area contributed by atoms with E-state index in [1.54, 1.807) is 0 Å². The third kappa shape index (κ3) is 2.47. The first-order valence-electron chi connectivity index (χ1n) is 5.43. The Kier molecular flexibility index (Phi) is 3.32. The van der Waals surface area contributed by atoms with Gasteiger partial charge in [-0.2, -0.15) is 0 Å². The Balaban J connectivity index is 2.32. The fraction of sp³-hybridized carbons (Fsp3) is 0.214. The van der Waals surface area contributed by atoms with E-state index in [9.17, 15) is 0 Å². The summed E-state index contributed by atoms with van der Waals surface area (Å²) in [6.07, 6.45) is 0.611. The molecule has 82 valence electrons. The predicted molar refractivity (Wildman–Crippen MR) is 65.2 cm³/mol. The van der Waals surface area contributed by atoms with E-state index in [-0.39, 0.29) is 6.61 Å². The van der Waals surface area contributed by atoms with Gasteiger partial charge in [0.2, 0.25) is 0 Å². The molecule has 1 N–H and O–H groups in total. The van der Waals surface area contributed by atoms with Crippen LogP contribution in [0.5, 0.6) is 0 Å². The molecule has 1 aromatic carbocycles. The highest BCUT2D eigenvalue weighted by molar-refractivity contribution is 5.59. The molecule has 0 spiro atoms. The molecule has 16 heavy (non-hydrogen) atoms. The van der Waals surface area contributed by atoms with Crippen LogP contribution in [0.2, 0.25) is 0 Å².